The van der Waals surface area contributed by atoms with Gasteiger partial charge in [-0.2, -0.15) is 0 Å². The van der Waals surface area contributed by atoms with Crippen LogP contribution in [0.4, 0.5) is 8.63 Å². The second-order valence-corrected chi connectivity index (χ2v) is 11.6. The quantitative estimate of drug-likeness (QED) is 0.232. The van der Waals surface area contributed by atoms with Crippen LogP contribution in [-0.4, -0.2) is 83.8 Å². The van der Waals surface area contributed by atoms with Gasteiger partial charge in [-0.3, -0.25) is 4.79 Å². The van der Waals surface area contributed by atoms with Crippen LogP contribution in [0.1, 0.15) is 46.7 Å². The molecule has 0 amide bonds. The van der Waals surface area contributed by atoms with Gasteiger partial charge in [0, 0.05) is 41.8 Å². The van der Waals surface area contributed by atoms with Gasteiger partial charge in [0.25, 0.3) is 0 Å². The van der Waals surface area contributed by atoms with Crippen molar-refractivity contribution in [3.8, 4) is 0 Å². The van der Waals surface area contributed by atoms with Gasteiger partial charge in [0.15, 0.2) is 17.7 Å². The first-order valence-electron chi connectivity index (χ1n) is 11.5. The molecule has 0 aliphatic carbocycles. The molecule has 4 heterocycles. The van der Waals surface area contributed by atoms with Crippen molar-refractivity contribution in [2.75, 3.05) is 33.4 Å². The van der Waals surface area contributed by atoms with Gasteiger partial charge in [0.05, 0.1) is 43.5 Å². The number of carbonyl (C=O) groups excluding carboxylic acids is 1. The highest BCUT2D eigenvalue weighted by Crippen LogP contribution is 2.39. The van der Waals surface area contributed by atoms with E-state index in [1.54, 1.807) is 30.5 Å². The molecule has 0 fully saturated rings. The lowest BCUT2D eigenvalue weighted by atomic mass is 9.88. The van der Waals surface area contributed by atoms with E-state index in [-0.39, 0.29) is 24.2 Å². The van der Waals surface area contributed by atoms with Crippen LogP contribution in [0.15, 0.2) is 41.7 Å². The molecule has 35 heavy (non-hydrogen) atoms. The summed E-state index contributed by atoms with van der Waals surface area (Å²) in [5.41, 5.74) is 2.44. The zero-order valence-corrected chi connectivity index (χ0v) is 20.8. The average molecular weight is 506 g/mol. The lowest BCUT2D eigenvalue weighted by molar-refractivity contribution is -0.870. The first kappa shape index (κ1) is 25.3. The number of halogens is 2. The van der Waals surface area contributed by atoms with Crippen LogP contribution in [0.3, 0.4) is 0 Å². The number of hydrogen-bond donors (Lipinski definition) is 1. The van der Waals surface area contributed by atoms with E-state index >= 15 is 8.63 Å². The van der Waals surface area contributed by atoms with Crippen LogP contribution < -0.4 is 0 Å². The van der Waals surface area contributed by atoms with Crippen molar-refractivity contribution in [1.29, 1.82) is 0 Å². The number of aromatic nitrogens is 2. The number of quaternary nitrogens is 1. The molecule has 2 aromatic heterocycles. The Morgan fingerprint density at radius 1 is 1.20 bits per heavy atom. The Morgan fingerprint density at radius 2 is 1.94 bits per heavy atom. The van der Waals surface area contributed by atoms with E-state index in [9.17, 15) is 17.8 Å². The third-order valence-corrected chi connectivity index (χ3v) is 7.14. The molecule has 0 bridgehead atoms. The lowest BCUT2D eigenvalue weighted by Crippen LogP contribution is -2.51. The van der Waals surface area contributed by atoms with Gasteiger partial charge in [-0.05, 0) is 43.0 Å². The van der Waals surface area contributed by atoms with Crippen LogP contribution in [0.5, 0.6) is 0 Å². The lowest BCUT2D eigenvalue weighted by Gasteiger charge is -2.31. The van der Waals surface area contributed by atoms with Crippen molar-refractivity contribution in [2.45, 2.75) is 25.7 Å². The molecule has 12 heteroatoms. The number of hydrogen-bond acceptors (Lipinski definition) is 4. The third-order valence-electron chi connectivity index (χ3n) is 6.35. The van der Waals surface area contributed by atoms with Crippen molar-refractivity contribution in [3.63, 3.8) is 0 Å². The highest BCUT2D eigenvalue weighted by atomic mass is 32.2. The molecule has 2 aliphatic rings. The number of fused-ring (bicyclic) bond motifs is 2. The summed E-state index contributed by atoms with van der Waals surface area (Å²) in [5, 5.41) is 0. The van der Waals surface area contributed by atoms with Crippen LogP contribution in [-0.2, 0) is 16.5 Å². The van der Waals surface area contributed by atoms with E-state index < -0.39 is 22.8 Å². The Morgan fingerprint density at radius 3 is 2.54 bits per heavy atom. The summed E-state index contributed by atoms with van der Waals surface area (Å²) in [7, 11) is 1.80. The van der Waals surface area contributed by atoms with Crippen molar-refractivity contribution < 1.29 is 35.4 Å². The van der Waals surface area contributed by atoms with E-state index in [0.717, 1.165) is 32.0 Å². The minimum atomic E-state index is -4.43. The van der Waals surface area contributed by atoms with E-state index in [4.69, 9.17) is 0 Å². The molecule has 4 rings (SSSR count). The Kier molecular flexibility index (Phi) is 6.50. The molecule has 2 aromatic rings. The van der Waals surface area contributed by atoms with Gasteiger partial charge >= 0.3 is 6.97 Å². The highest BCUT2D eigenvalue weighted by molar-refractivity contribution is 7.85. The SMILES string of the molecule is C[N+](C)(C)CCCC1=CC(c2ccc[nH]2)=[N+]2C1=Cc1c(CCCS(=O)(=O)[O-])cc(C=O)n1[B-]2(F)F. The molecule has 0 radical (unpaired) electrons. The third kappa shape index (κ3) is 5.09. The summed E-state index contributed by atoms with van der Waals surface area (Å²) in [6.45, 7) is -3.56. The first-order valence-corrected chi connectivity index (χ1v) is 13.1. The maximum Gasteiger partial charge on any atom is 0.738 e. The molecule has 0 aromatic carbocycles. The average Bonchev–Trinajstić information content (AvgIpc) is 3.45. The van der Waals surface area contributed by atoms with Gasteiger partial charge in [0.1, 0.15) is 5.69 Å². The Balaban J connectivity index is 1.81. The predicted molar refractivity (Wildman–Crippen MR) is 129 cm³/mol. The number of carbonyl (C=O) groups is 1. The van der Waals surface area contributed by atoms with E-state index in [1.165, 1.54) is 6.07 Å². The van der Waals surface area contributed by atoms with Crippen molar-refractivity contribution in [3.05, 3.63) is 64.4 Å². The number of nitrogens with one attached hydrogen (secondary N) is 1. The summed E-state index contributed by atoms with van der Waals surface area (Å²) in [5.74, 6) is -0.598. The minimum Gasteiger partial charge on any atom is -0.748 e. The smallest absolute Gasteiger partial charge is 0.738 e. The molecule has 1 N–H and O–H groups in total. The topological polar surface area (TPSA) is 98.0 Å². The van der Waals surface area contributed by atoms with Crippen LogP contribution >= 0.6 is 0 Å². The summed E-state index contributed by atoms with van der Waals surface area (Å²) in [6, 6.07) is 4.83. The van der Waals surface area contributed by atoms with Crippen LogP contribution in [0.25, 0.3) is 6.08 Å². The van der Waals surface area contributed by atoms with Crippen LogP contribution in [0, 0.1) is 0 Å². The summed E-state index contributed by atoms with van der Waals surface area (Å²) >= 11 is 0. The molecular formula is C23H29BF2N4O4S. The zero-order valence-electron chi connectivity index (χ0n) is 20.0. The van der Waals surface area contributed by atoms with Crippen molar-refractivity contribution in [2.24, 2.45) is 0 Å². The fourth-order valence-corrected chi connectivity index (χ4v) is 5.33. The van der Waals surface area contributed by atoms with Gasteiger partial charge in [-0.25, -0.2) is 8.42 Å². The molecule has 0 atom stereocenters. The zero-order chi connectivity index (χ0) is 25.6. The van der Waals surface area contributed by atoms with Gasteiger partial charge < -0.3 is 31.6 Å². The largest absolute Gasteiger partial charge is 0.748 e. The fraction of sp³-hybridized carbons (Fsp3) is 0.391. The fourth-order valence-electron chi connectivity index (χ4n) is 4.83. The first-order chi connectivity index (χ1) is 16.3. The van der Waals surface area contributed by atoms with Crippen LogP contribution in [0.2, 0.25) is 0 Å². The second kappa shape index (κ2) is 9.00. The molecule has 0 spiro atoms. The normalized spacial score (nSPS) is 17.2. The number of rotatable bonds is 10. The monoisotopic (exact) mass is 506 g/mol. The number of aryl methyl sites for hydroxylation is 1. The number of aromatic amines is 1. The van der Waals surface area contributed by atoms with Gasteiger partial charge in [-0.1, -0.05) is 0 Å². The maximum absolute atomic E-state index is 16.2. The number of H-pyrrole nitrogens is 1. The van der Waals surface area contributed by atoms with Gasteiger partial charge in [-0.15, -0.1) is 0 Å². The molecule has 0 unspecified atom stereocenters. The van der Waals surface area contributed by atoms with E-state index in [1.807, 2.05) is 0 Å². The summed E-state index contributed by atoms with van der Waals surface area (Å²) in [6.07, 6.45) is 6.95. The molecule has 2 aliphatic heterocycles. The summed E-state index contributed by atoms with van der Waals surface area (Å²) in [4.78, 5) is 14.8. The Hall–Kier alpha value is -2.83. The maximum atomic E-state index is 16.2. The van der Waals surface area contributed by atoms with E-state index in [0.29, 0.717) is 35.4 Å². The van der Waals surface area contributed by atoms with E-state index in [2.05, 4.69) is 26.1 Å². The predicted octanol–water partition coefficient (Wildman–Crippen LogP) is 2.61. The molecular weight excluding hydrogens is 477 g/mol. The molecule has 8 nitrogen and oxygen atoms in total. The number of aldehydes is 1. The highest BCUT2D eigenvalue weighted by Gasteiger charge is 2.54. The number of nitrogens with zero attached hydrogens (tertiary/aromatic N) is 3. The Labute approximate surface area is 203 Å². The number of allylic oxidation sites excluding steroid dienone is 2. The second-order valence-electron chi connectivity index (χ2n) is 10.1. The molecule has 188 valence electrons. The standard InChI is InChI=1S/C23H29BF2N4O4S/c1-30(2,3)11-5-7-18-14-23(20-9-4-10-27-20)29-22(18)15-21-17(8-6-12-35(32,33)34)13-19(16-31)28(21)24(29,25)26/h4,9-10,13-16H,5-8,11-12H2,1-3H3,(H-,27,31,32,33,34). The minimum absolute atomic E-state index is 0.0152. The van der Waals surface area contributed by atoms with Gasteiger partial charge in [0.2, 0.25) is 0 Å². The Bertz CT molecular complexity index is 1350. The van der Waals surface area contributed by atoms with Crippen molar-refractivity contribution >= 4 is 35.2 Å². The summed E-state index contributed by atoms with van der Waals surface area (Å²) < 4.78 is 67.9. The molecule has 0 saturated heterocycles. The van der Waals surface area contributed by atoms with Crippen molar-refractivity contribution in [1.82, 2.24) is 9.46 Å². The molecule has 0 saturated carbocycles.